The van der Waals surface area contributed by atoms with Crippen LogP contribution in [0.15, 0.2) is 30.6 Å². The molecule has 1 aliphatic rings. The molecule has 0 saturated carbocycles. The maximum Gasteiger partial charge on any atom is 0.217 e. The van der Waals surface area contributed by atoms with E-state index in [9.17, 15) is 0 Å². The lowest BCUT2D eigenvalue weighted by Gasteiger charge is -2.34. The maximum atomic E-state index is 5.53. The maximum absolute atomic E-state index is 5.53. The van der Waals surface area contributed by atoms with Gasteiger partial charge in [0.2, 0.25) is 5.88 Å². The van der Waals surface area contributed by atoms with Crippen molar-refractivity contribution < 1.29 is 9.47 Å². The highest BCUT2D eigenvalue weighted by atomic mass is 16.5. The fraction of sp³-hybridized carbons (Fsp3) is 0.529. The molecule has 0 saturated heterocycles. The first-order valence-corrected chi connectivity index (χ1v) is 8.12. The molecular weight excluding hydrogens is 292 g/mol. The number of hydrogen-bond acceptors (Lipinski definition) is 5. The second kappa shape index (κ2) is 7.57. The molecular formula is C17H24N4O2. The average molecular weight is 316 g/mol. The summed E-state index contributed by atoms with van der Waals surface area (Å²) in [4.78, 5) is 6.71. The Morgan fingerprint density at radius 3 is 3.04 bits per heavy atom. The fourth-order valence-corrected chi connectivity index (χ4v) is 3.13. The van der Waals surface area contributed by atoms with Gasteiger partial charge in [0, 0.05) is 50.8 Å². The van der Waals surface area contributed by atoms with Crippen molar-refractivity contribution >= 4 is 0 Å². The normalized spacial score (nSPS) is 17.9. The molecule has 0 unspecified atom stereocenters. The predicted molar refractivity (Wildman–Crippen MR) is 87.3 cm³/mol. The lowest BCUT2D eigenvalue weighted by atomic mass is 10.1. The first kappa shape index (κ1) is 16.0. The van der Waals surface area contributed by atoms with E-state index in [2.05, 4.69) is 31.8 Å². The third kappa shape index (κ3) is 3.71. The highest BCUT2D eigenvalue weighted by Gasteiger charge is 2.26. The topological polar surface area (TPSA) is 52.4 Å². The predicted octanol–water partition coefficient (Wildman–Crippen LogP) is 2.27. The molecule has 0 amide bonds. The van der Waals surface area contributed by atoms with Crippen molar-refractivity contribution in [2.75, 3.05) is 26.9 Å². The summed E-state index contributed by atoms with van der Waals surface area (Å²) in [5, 5.41) is 4.49. The summed E-state index contributed by atoms with van der Waals surface area (Å²) in [6, 6.07) is 6.48. The van der Waals surface area contributed by atoms with Crippen LogP contribution in [0.1, 0.15) is 30.6 Å². The smallest absolute Gasteiger partial charge is 0.217 e. The number of methoxy groups -OCH3 is 1. The molecule has 6 heteroatoms. The van der Waals surface area contributed by atoms with E-state index in [-0.39, 0.29) is 0 Å². The summed E-state index contributed by atoms with van der Waals surface area (Å²) in [5.74, 6) is 0.706. The summed E-state index contributed by atoms with van der Waals surface area (Å²) in [6.45, 7) is 6.23. The summed E-state index contributed by atoms with van der Waals surface area (Å²) < 4.78 is 13.0. The van der Waals surface area contributed by atoms with Crippen LogP contribution in [0.3, 0.4) is 0 Å². The van der Waals surface area contributed by atoms with Crippen molar-refractivity contribution in [3.05, 3.63) is 41.9 Å². The van der Waals surface area contributed by atoms with Crippen LogP contribution in [0.4, 0.5) is 0 Å². The molecule has 124 valence electrons. The average Bonchev–Trinajstić information content (AvgIpc) is 3.04. The van der Waals surface area contributed by atoms with Crippen LogP contribution < -0.4 is 4.74 Å². The van der Waals surface area contributed by atoms with Gasteiger partial charge in [0.15, 0.2) is 0 Å². The van der Waals surface area contributed by atoms with E-state index in [0.29, 0.717) is 11.9 Å². The summed E-state index contributed by atoms with van der Waals surface area (Å²) in [7, 11) is 1.67. The van der Waals surface area contributed by atoms with Crippen molar-refractivity contribution in [1.29, 1.82) is 0 Å². The number of hydrogen-bond donors (Lipinski definition) is 0. The standard InChI is InChI=1S/C17H24N4O2/c1-3-23-10-7-16-13-20(12-15-6-9-19-21(15)16)11-14-5-4-8-18-17(14)22-2/h4-6,8-9,16H,3,7,10-13H2,1-2H3/t16-/m0/s1. The molecule has 2 aromatic rings. The quantitative estimate of drug-likeness (QED) is 0.734. The third-order valence-electron chi connectivity index (χ3n) is 4.19. The molecule has 0 aromatic carbocycles. The number of aromatic nitrogens is 3. The number of fused-ring (bicyclic) bond motifs is 1. The first-order chi connectivity index (χ1) is 11.3. The lowest BCUT2D eigenvalue weighted by molar-refractivity contribution is 0.103. The molecule has 3 heterocycles. The molecule has 1 aliphatic heterocycles. The highest BCUT2D eigenvalue weighted by Crippen LogP contribution is 2.26. The minimum atomic E-state index is 0.350. The number of pyridine rings is 1. The Morgan fingerprint density at radius 2 is 2.22 bits per heavy atom. The van der Waals surface area contributed by atoms with Crippen LogP contribution in [0.25, 0.3) is 0 Å². The molecule has 1 atom stereocenters. The second-order valence-corrected chi connectivity index (χ2v) is 5.75. The Bertz CT molecular complexity index is 629. The van der Waals surface area contributed by atoms with Gasteiger partial charge in [-0.25, -0.2) is 4.98 Å². The molecule has 0 N–H and O–H groups in total. The molecule has 0 radical (unpaired) electrons. The van der Waals surface area contributed by atoms with Gasteiger partial charge in [-0.3, -0.25) is 9.58 Å². The summed E-state index contributed by atoms with van der Waals surface area (Å²) >= 11 is 0. The van der Waals surface area contributed by atoms with E-state index in [1.165, 1.54) is 5.69 Å². The second-order valence-electron chi connectivity index (χ2n) is 5.75. The Labute approximate surface area is 137 Å². The zero-order valence-corrected chi connectivity index (χ0v) is 13.8. The van der Waals surface area contributed by atoms with Crippen molar-refractivity contribution in [2.45, 2.75) is 32.5 Å². The zero-order valence-electron chi connectivity index (χ0n) is 13.8. The van der Waals surface area contributed by atoms with Crippen LogP contribution >= 0.6 is 0 Å². The molecule has 0 spiro atoms. The number of nitrogens with zero attached hydrogens (tertiary/aromatic N) is 4. The summed E-state index contributed by atoms with van der Waals surface area (Å²) in [6.07, 6.45) is 4.62. The van der Waals surface area contributed by atoms with E-state index < -0.39 is 0 Å². The first-order valence-electron chi connectivity index (χ1n) is 8.12. The largest absolute Gasteiger partial charge is 0.481 e. The molecule has 23 heavy (non-hydrogen) atoms. The van der Waals surface area contributed by atoms with Crippen LogP contribution in [0, 0.1) is 0 Å². The third-order valence-corrected chi connectivity index (χ3v) is 4.19. The number of ether oxygens (including phenoxy) is 2. The number of rotatable bonds is 7. The van der Waals surface area contributed by atoms with E-state index in [1.54, 1.807) is 13.3 Å². The monoisotopic (exact) mass is 316 g/mol. The van der Waals surface area contributed by atoms with E-state index in [1.807, 2.05) is 19.2 Å². The van der Waals surface area contributed by atoms with Gasteiger partial charge in [-0.05, 0) is 25.5 Å². The van der Waals surface area contributed by atoms with Crippen LogP contribution in [-0.2, 0) is 17.8 Å². The molecule has 0 fully saturated rings. The Kier molecular flexibility index (Phi) is 5.25. The molecule has 6 nitrogen and oxygen atoms in total. The Hall–Kier alpha value is -1.92. The van der Waals surface area contributed by atoms with Crippen molar-refractivity contribution in [1.82, 2.24) is 19.7 Å². The molecule has 0 bridgehead atoms. The molecule has 3 rings (SSSR count). The van der Waals surface area contributed by atoms with Crippen LogP contribution in [0.2, 0.25) is 0 Å². The van der Waals surface area contributed by atoms with Crippen LogP contribution in [0.5, 0.6) is 5.88 Å². The fourth-order valence-electron chi connectivity index (χ4n) is 3.13. The van der Waals surface area contributed by atoms with E-state index >= 15 is 0 Å². The van der Waals surface area contributed by atoms with Gasteiger partial charge in [-0.1, -0.05) is 6.07 Å². The zero-order chi connectivity index (χ0) is 16.1. The van der Waals surface area contributed by atoms with Gasteiger partial charge in [-0.2, -0.15) is 5.10 Å². The Balaban J connectivity index is 1.72. The van der Waals surface area contributed by atoms with Gasteiger partial charge in [0.1, 0.15) is 0 Å². The van der Waals surface area contributed by atoms with Gasteiger partial charge in [0.05, 0.1) is 18.8 Å². The minimum absolute atomic E-state index is 0.350. The van der Waals surface area contributed by atoms with Crippen molar-refractivity contribution in [3.8, 4) is 5.88 Å². The SMILES string of the molecule is CCOCC[C@H]1CN(Cc2cccnc2OC)Cc2ccnn21. The van der Waals surface area contributed by atoms with Crippen LogP contribution in [-0.4, -0.2) is 46.5 Å². The van der Waals surface area contributed by atoms with Gasteiger partial charge < -0.3 is 9.47 Å². The highest BCUT2D eigenvalue weighted by molar-refractivity contribution is 5.25. The van der Waals surface area contributed by atoms with Crippen molar-refractivity contribution in [3.63, 3.8) is 0 Å². The lowest BCUT2D eigenvalue weighted by Crippen LogP contribution is -2.37. The van der Waals surface area contributed by atoms with Crippen molar-refractivity contribution in [2.24, 2.45) is 0 Å². The van der Waals surface area contributed by atoms with Gasteiger partial charge >= 0.3 is 0 Å². The molecule has 2 aromatic heterocycles. The van der Waals surface area contributed by atoms with E-state index in [0.717, 1.165) is 44.8 Å². The summed E-state index contributed by atoms with van der Waals surface area (Å²) in [5.41, 5.74) is 2.37. The van der Waals surface area contributed by atoms with Gasteiger partial charge in [-0.15, -0.1) is 0 Å². The van der Waals surface area contributed by atoms with E-state index in [4.69, 9.17) is 9.47 Å². The molecule has 0 aliphatic carbocycles. The minimum Gasteiger partial charge on any atom is -0.481 e. The Morgan fingerprint density at radius 1 is 1.30 bits per heavy atom. The van der Waals surface area contributed by atoms with Gasteiger partial charge in [0.25, 0.3) is 0 Å².